The number of piperidine rings is 1. The van der Waals surface area contributed by atoms with Gasteiger partial charge >= 0.3 is 0 Å². The second-order valence-corrected chi connectivity index (χ2v) is 8.40. The maximum atomic E-state index is 6.06. The lowest BCUT2D eigenvalue weighted by Gasteiger charge is -2.36. The van der Waals surface area contributed by atoms with Crippen molar-refractivity contribution in [2.45, 2.75) is 25.4 Å². The molecule has 4 rings (SSSR count). The molecule has 1 aliphatic rings. The van der Waals surface area contributed by atoms with E-state index in [9.17, 15) is 0 Å². The van der Waals surface area contributed by atoms with Crippen LogP contribution in [-0.4, -0.2) is 34.0 Å². The number of likely N-dealkylation sites (tertiary alicyclic amines) is 1. The van der Waals surface area contributed by atoms with Crippen molar-refractivity contribution in [1.29, 1.82) is 0 Å². The number of halogens is 1. The average molecular weight is 414 g/mol. The first-order valence-corrected chi connectivity index (χ1v) is 10.6. The van der Waals surface area contributed by atoms with Gasteiger partial charge in [-0.05, 0) is 37.1 Å². The Balaban J connectivity index is 1.29. The molecule has 0 radical (unpaired) electrons. The van der Waals surface area contributed by atoms with Gasteiger partial charge in [0.15, 0.2) is 0 Å². The molecule has 0 bridgehead atoms. The number of H-pyrrole nitrogens is 1. The molecule has 3 aromatic rings. The molecule has 0 amide bonds. The van der Waals surface area contributed by atoms with Gasteiger partial charge in [-0.15, -0.1) is 11.3 Å². The first-order chi connectivity index (χ1) is 13.6. The predicted octanol–water partition coefficient (Wildman–Crippen LogP) is 4.56. The summed E-state index contributed by atoms with van der Waals surface area (Å²) >= 11 is 7.70. The van der Waals surface area contributed by atoms with Crippen LogP contribution < -0.4 is 10.6 Å². The Labute approximate surface area is 174 Å². The minimum absolute atomic E-state index is 0.340. The highest BCUT2D eigenvalue weighted by atomic mass is 35.5. The van der Waals surface area contributed by atoms with E-state index in [2.05, 4.69) is 44.7 Å². The van der Waals surface area contributed by atoms with Gasteiger partial charge in [0.05, 0.1) is 18.1 Å². The summed E-state index contributed by atoms with van der Waals surface area (Å²) in [5.74, 6) is 0.836. The largest absolute Gasteiger partial charge is 0.368 e. The summed E-state index contributed by atoms with van der Waals surface area (Å²) in [4.78, 5) is 10.1. The molecular weight excluding hydrogens is 390 g/mol. The van der Waals surface area contributed by atoms with Gasteiger partial charge in [-0.2, -0.15) is 0 Å². The first kappa shape index (κ1) is 18.9. The second kappa shape index (κ2) is 8.29. The van der Waals surface area contributed by atoms with Crippen molar-refractivity contribution >= 4 is 39.5 Å². The summed E-state index contributed by atoms with van der Waals surface area (Å²) in [7, 11) is 0. The molecule has 1 fully saturated rings. The van der Waals surface area contributed by atoms with E-state index in [1.54, 1.807) is 11.3 Å². The number of hydrogen-bond donors (Lipinski definition) is 3. The van der Waals surface area contributed by atoms with E-state index < -0.39 is 0 Å². The normalized spacial score (nSPS) is 16.9. The van der Waals surface area contributed by atoms with Crippen LogP contribution >= 0.6 is 22.9 Å². The van der Waals surface area contributed by atoms with Gasteiger partial charge in [0.2, 0.25) is 0 Å². The molecule has 0 aliphatic carbocycles. The van der Waals surface area contributed by atoms with Gasteiger partial charge < -0.3 is 20.5 Å². The first-order valence-electron chi connectivity index (χ1n) is 9.38. The number of aromatic nitrogens is 2. The van der Waals surface area contributed by atoms with E-state index in [0.717, 1.165) is 64.1 Å². The number of benzene rings is 1. The molecule has 146 valence electrons. The van der Waals surface area contributed by atoms with E-state index >= 15 is 0 Å². The zero-order chi connectivity index (χ0) is 19.5. The number of nitrogens with one attached hydrogen (secondary N) is 3. The Morgan fingerprint density at radius 2 is 2.25 bits per heavy atom. The molecular formula is C21H24ClN5S. The fourth-order valence-corrected chi connectivity index (χ4v) is 4.42. The molecule has 0 saturated carbocycles. The minimum atomic E-state index is 0.340. The lowest BCUT2D eigenvalue weighted by Crippen LogP contribution is -2.46. The quantitative estimate of drug-likeness (QED) is 0.531. The van der Waals surface area contributed by atoms with Crippen molar-refractivity contribution in [1.82, 2.24) is 25.5 Å². The molecule has 1 aliphatic heterocycles. The van der Waals surface area contributed by atoms with Crippen LogP contribution in [0.15, 0.2) is 54.8 Å². The van der Waals surface area contributed by atoms with Crippen molar-refractivity contribution in [2.75, 3.05) is 13.1 Å². The van der Waals surface area contributed by atoms with Crippen molar-refractivity contribution in [3.05, 3.63) is 70.5 Å². The number of rotatable bonds is 7. The molecule has 1 aromatic carbocycles. The maximum Gasteiger partial charge on any atom is 0.138 e. The molecule has 2 aromatic heterocycles. The molecule has 28 heavy (non-hydrogen) atoms. The number of fused-ring (bicyclic) bond motifs is 1. The number of thiazole rings is 1. The Morgan fingerprint density at radius 1 is 1.36 bits per heavy atom. The van der Waals surface area contributed by atoms with E-state index in [1.165, 1.54) is 0 Å². The topological polar surface area (TPSA) is 56.0 Å². The van der Waals surface area contributed by atoms with Crippen LogP contribution in [0.2, 0.25) is 5.02 Å². The standard InChI is InChI=1S/C21H24ClN5S/c1-14(21-23-7-9-28-21)27-8-3-4-18(13-27)25-15(2)24-12-19-11-16-10-17(22)5-6-20(16)26-19/h5-7,9-11,18,24-26H,1-4,8,12-13H2. The summed E-state index contributed by atoms with van der Waals surface area (Å²) in [6, 6.07) is 8.32. The lowest BCUT2D eigenvalue weighted by molar-refractivity contribution is 0.272. The number of hydrogen-bond acceptors (Lipinski definition) is 5. The smallest absolute Gasteiger partial charge is 0.138 e. The van der Waals surface area contributed by atoms with E-state index in [1.807, 2.05) is 29.8 Å². The third-order valence-corrected chi connectivity index (χ3v) is 6.05. The van der Waals surface area contributed by atoms with E-state index in [-0.39, 0.29) is 0 Å². The predicted molar refractivity (Wildman–Crippen MR) is 118 cm³/mol. The van der Waals surface area contributed by atoms with Gasteiger partial charge in [0.25, 0.3) is 0 Å². The van der Waals surface area contributed by atoms with E-state index in [4.69, 9.17) is 11.6 Å². The highest BCUT2D eigenvalue weighted by Crippen LogP contribution is 2.24. The third kappa shape index (κ3) is 4.34. The van der Waals surface area contributed by atoms with Crippen LogP contribution in [0.5, 0.6) is 0 Å². The summed E-state index contributed by atoms with van der Waals surface area (Å²) in [5, 5.41) is 11.7. The fourth-order valence-electron chi connectivity index (χ4n) is 3.60. The SMILES string of the molecule is C=C(NCc1cc2cc(Cl)ccc2[nH]1)NC1CCCN(C(=C)c2nccs2)C1. The molecule has 3 heterocycles. The van der Waals surface area contributed by atoms with Crippen LogP contribution in [0.3, 0.4) is 0 Å². The fraction of sp³-hybridized carbons (Fsp3) is 0.286. The van der Waals surface area contributed by atoms with Crippen LogP contribution in [0.1, 0.15) is 23.5 Å². The van der Waals surface area contributed by atoms with Crippen molar-refractivity contribution in [2.24, 2.45) is 0 Å². The Morgan fingerprint density at radius 3 is 3.07 bits per heavy atom. The van der Waals surface area contributed by atoms with Crippen LogP contribution in [-0.2, 0) is 6.54 Å². The Hall–Kier alpha value is -2.44. The molecule has 3 N–H and O–H groups in total. The second-order valence-electron chi connectivity index (χ2n) is 7.07. The summed E-state index contributed by atoms with van der Waals surface area (Å²) in [5.41, 5.74) is 3.20. The number of nitrogens with zero attached hydrogens (tertiary/aromatic N) is 2. The van der Waals surface area contributed by atoms with Gasteiger partial charge in [-0.1, -0.05) is 24.8 Å². The average Bonchev–Trinajstić information content (AvgIpc) is 3.35. The number of aromatic amines is 1. The van der Waals surface area contributed by atoms with Crippen LogP contribution in [0.4, 0.5) is 0 Å². The molecule has 0 spiro atoms. The summed E-state index contributed by atoms with van der Waals surface area (Å²) in [6.45, 7) is 11.0. The van der Waals surface area contributed by atoms with Gasteiger partial charge in [0, 0.05) is 52.3 Å². The monoisotopic (exact) mass is 413 g/mol. The third-order valence-electron chi connectivity index (χ3n) is 4.99. The van der Waals surface area contributed by atoms with Crippen LogP contribution in [0.25, 0.3) is 16.6 Å². The van der Waals surface area contributed by atoms with E-state index in [0.29, 0.717) is 12.6 Å². The summed E-state index contributed by atoms with van der Waals surface area (Å²) < 4.78 is 0. The lowest BCUT2D eigenvalue weighted by atomic mass is 10.1. The van der Waals surface area contributed by atoms with Gasteiger partial charge in [-0.25, -0.2) is 4.98 Å². The molecule has 1 unspecified atom stereocenters. The minimum Gasteiger partial charge on any atom is -0.368 e. The zero-order valence-electron chi connectivity index (χ0n) is 15.7. The maximum absolute atomic E-state index is 6.06. The molecule has 5 nitrogen and oxygen atoms in total. The molecule has 1 atom stereocenters. The molecule has 1 saturated heterocycles. The van der Waals surface area contributed by atoms with Crippen molar-refractivity contribution in [3.63, 3.8) is 0 Å². The summed E-state index contributed by atoms with van der Waals surface area (Å²) in [6.07, 6.45) is 4.07. The Bertz CT molecular complexity index is 978. The van der Waals surface area contributed by atoms with Crippen LogP contribution in [0, 0.1) is 0 Å². The Kier molecular flexibility index (Phi) is 5.59. The highest BCUT2D eigenvalue weighted by Gasteiger charge is 2.22. The van der Waals surface area contributed by atoms with Crippen molar-refractivity contribution in [3.8, 4) is 0 Å². The van der Waals surface area contributed by atoms with Crippen molar-refractivity contribution < 1.29 is 0 Å². The van der Waals surface area contributed by atoms with Gasteiger partial charge in [-0.3, -0.25) is 0 Å². The van der Waals surface area contributed by atoms with Gasteiger partial charge in [0.1, 0.15) is 5.01 Å². The highest BCUT2D eigenvalue weighted by molar-refractivity contribution is 7.10. The zero-order valence-corrected chi connectivity index (χ0v) is 17.2. The molecule has 7 heteroatoms.